The molecule has 2 atom stereocenters. The highest BCUT2D eigenvalue weighted by atomic mass is 16.5. The fourth-order valence-electron chi connectivity index (χ4n) is 5.49. The molecule has 0 saturated heterocycles. The summed E-state index contributed by atoms with van der Waals surface area (Å²) in [4.78, 5) is 52.4. The summed E-state index contributed by atoms with van der Waals surface area (Å²) in [6.07, 6.45) is 9.74. The predicted octanol–water partition coefficient (Wildman–Crippen LogP) is 4.23. The molecule has 3 rings (SSSR count). The van der Waals surface area contributed by atoms with Gasteiger partial charge in [-0.1, -0.05) is 82.9 Å². The number of carbonyl (C=O) groups excluding carboxylic acids is 4. The fourth-order valence-corrected chi connectivity index (χ4v) is 5.49. The number of hydrogen-bond acceptors (Lipinski definition) is 7. The molecule has 1 heterocycles. The number of alkyl carbamates (subject to hydrolysis) is 1. The second-order valence-corrected chi connectivity index (χ2v) is 11.3. The molecule has 0 radical (unpaired) electrons. The number of amides is 3. The van der Waals surface area contributed by atoms with Gasteiger partial charge in [-0.15, -0.1) is 0 Å². The van der Waals surface area contributed by atoms with Gasteiger partial charge in [-0.05, 0) is 24.8 Å². The van der Waals surface area contributed by atoms with E-state index >= 15 is 0 Å². The maximum atomic E-state index is 13.3. The van der Waals surface area contributed by atoms with Crippen LogP contribution in [0.3, 0.4) is 0 Å². The van der Waals surface area contributed by atoms with Crippen LogP contribution in [-0.2, 0) is 25.7 Å². The van der Waals surface area contributed by atoms with Gasteiger partial charge in [0.15, 0.2) is 12.0 Å². The zero-order valence-corrected chi connectivity index (χ0v) is 24.4. The van der Waals surface area contributed by atoms with Crippen molar-refractivity contribution in [2.24, 2.45) is 5.92 Å². The van der Waals surface area contributed by atoms with Crippen molar-refractivity contribution in [1.29, 1.82) is 0 Å². The molecule has 228 valence electrons. The van der Waals surface area contributed by atoms with E-state index in [4.69, 9.17) is 9.47 Å². The molecule has 10 nitrogen and oxygen atoms in total. The van der Waals surface area contributed by atoms with E-state index in [0.29, 0.717) is 26.1 Å². The zero-order chi connectivity index (χ0) is 29.5. The summed E-state index contributed by atoms with van der Waals surface area (Å²) in [7, 11) is 0. The number of fused-ring (bicyclic) bond motifs is 1. The molecule has 1 saturated carbocycles. The maximum absolute atomic E-state index is 13.3. The number of aliphatic hydroxyl groups is 1. The number of ether oxygens (including phenoxy) is 2. The minimum atomic E-state index is -2.25. The topological polar surface area (TPSA) is 134 Å². The lowest BCUT2D eigenvalue weighted by atomic mass is 9.84. The van der Waals surface area contributed by atoms with Gasteiger partial charge < -0.3 is 30.1 Å². The fraction of sp³-hybridized carbons (Fsp3) is 0.677. The number of benzene rings is 1. The maximum Gasteiger partial charge on any atom is 0.407 e. The molecule has 0 bridgehead atoms. The van der Waals surface area contributed by atoms with Crippen molar-refractivity contribution in [3.05, 3.63) is 29.8 Å². The van der Waals surface area contributed by atoms with Crippen LogP contribution < -0.4 is 15.4 Å². The van der Waals surface area contributed by atoms with Crippen LogP contribution in [0.5, 0.6) is 5.75 Å². The summed E-state index contributed by atoms with van der Waals surface area (Å²) in [6, 6.07) is 6.52. The van der Waals surface area contributed by atoms with Crippen molar-refractivity contribution in [2.45, 2.75) is 109 Å². The second kappa shape index (κ2) is 17.0. The number of nitrogens with zero attached hydrogens (tertiary/aromatic N) is 1. The van der Waals surface area contributed by atoms with E-state index in [1.165, 1.54) is 0 Å². The minimum Gasteiger partial charge on any atom is -0.491 e. The minimum absolute atomic E-state index is 0.154. The standard InChI is InChI=1S/C31H47N3O7/c1-2-3-4-5-11-19-41-30(38)32-26(21-24-12-7-6-8-13-24)29(37)33-31(39,23-35)17-16-28(36)34-18-20-40-27-15-10-9-14-25(27)22-34/h9-10,14-15,23-24,26,39H,2-8,11-13,16-22H2,1H3,(H,32,38)(H,33,37)/t26-,31?/m0/s1. The zero-order valence-electron chi connectivity index (χ0n) is 24.4. The first-order valence-electron chi connectivity index (χ1n) is 15.3. The number of unbranched alkanes of at least 4 members (excludes halogenated alkanes) is 4. The Hall–Kier alpha value is -3.14. The molecule has 1 aromatic rings. The lowest BCUT2D eigenvalue weighted by Gasteiger charge is -2.30. The Morgan fingerprint density at radius 1 is 1.15 bits per heavy atom. The molecule has 1 aliphatic carbocycles. The Morgan fingerprint density at radius 3 is 2.66 bits per heavy atom. The van der Waals surface area contributed by atoms with E-state index in [-0.39, 0.29) is 37.6 Å². The molecule has 0 aromatic heterocycles. The van der Waals surface area contributed by atoms with Gasteiger partial charge in [0.2, 0.25) is 11.8 Å². The third kappa shape index (κ3) is 11.0. The molecular weight excluding hydrogens is 526 g/mol. The highest BCUT2D eigenvalue weighted by Gasteiger charge is 2.35. The van der Waals surface area contributed by atoms with E-state index in [2.05, 4.69) is 17.6 Å². The summed E-state index contributed by atoms with van der Waals surface area (Å²) < 4.78 is 11.0. The van der Waals surface area contributed by atoms with Crippen molar-refractivity contribution in [2.75, 3.05) is 19.8 Å². The summed E-state index contributed by atoms with van der Waals surface area (Å²) in [5, 5.41) is 16.0. The molecule has 1 aliphatic heterocycles. The van der Waals surface area contributed by atoms with Gasteiger partial charge in [-0.25, -0.2) is 4.79 Å². The number of para-hydroxylation sites is 1. The molecule has 10 heteroatoms. The van der Waals surface area contributed by atoms with Crippen molar-refractivity contribution >= 4 is 24.2 Å². The molecule has 41 heavy (non-hydrogen) atoms. The number of carbonyl (C=O) groups is 4. The number of nitrogens with one attached hydrogen (secondary N) is 2. The van der Waals surface area contributed by atoms with Gasteiger partial charge in [0.05, 0.1) is 13.2 Å². The quantitative estimate of drug-likeness (QED) is 0.162. The van der Waals surface area contributed by atoms with Crippen LogP contribution in [0.4, 0.5) is 4.79 Å². The largest absolute Gasteiger partial charge is 0.491 e. The SMILES string of the molecule is CCCCCCCOC(=O)N[C@@H](CC1CCCCC1)C(=O)NC(O)(C=O)CCC(=O)N1CCOc2ccccc2C1. The average Bonchev–Trinajstić information content (AvgIpc) is 3.21. The molecule has 1 fully saturated rings. The molecule has 3 amide bonds. The van der Waals surface area contributed by atoms with E-state index in [1.807, 2.05) is 24.3 Å². The van der Waals surface area contributed by atoms with Crippen molar-refractivity contribution < 1.29 is 33.8 Å². The molecule has 3 N–H and O–H groups in total. The van der Waals surface area contributed by atoms with Crippen LogP contribution in [0.25, 0.3) is 0 Å². The van der Waals surface area contributed by atoms with E-state index in [9.17, 15) is 24.3 Å². The van der Waals surface area contributed by atoms with Gasteiger partial charge in [0.25, 0.3) is 0 Å². The first-order valence-corrected chi connectivity index (χ1v) is 15.3. The van der Waals surface area contributed by atoms with Crippen LogP contribution in [-0.4, -0.2) is 65.7 Å². The number of rotatable bonds is 15. The summed E-state index contributed by atoms with van der Waals surface area (Å²) in [5.74, 6) is 0.0349. The van der Waals surface area contributed by atoms with Crippen LogP contribution in [0.15, 0.2) is 24.3 Å². The lowest BCUT2D eigenvalue weighted by Crippen LogP contribution is -2.57. The van der Waals surface area contributed by atoms with Crippen molar-refractivity contribution in [3.8, 4) is 5.75 Å². The lowest BCUT2D eigenvalue weighted by molar-refractivity contribution is -0.143. The average molecular weight is 574 g/mol. The van der Waals surface area contributed by atoms with E-state index in [0.717, 1.165) is 75.5 Å². The Labute approximate surface area is 243 Å². The molecule has 1 aromatic carbocycles. The summed E-state index contributed by atoms with van der Waals surface area (Å²) >= 11 is 0. The number of aldehydes is 1. The first-order chi connectivity index (χ1) is 19.8. The van der Waals surface area contributed by atoms with Crippen LogP contribution in [0.1, 0.15) is 96.0 Å². The summed E-state index contributed by atoms with van der Waals surface area (Å²) in [6.45, 7) is 3.46. The van der Waals surface area contributed by atoms with Crippen LogP contribution in [0.2, 0.25) is 0 Å². The highest BCUT2D eigenvalue weighted by Crippen LogP contribution is 2.28. The van der Waals surface area contributed by atoms with Crippen molar-refractivity contribution in [3.63, 3.8) is 0 Å². The van der Waals surface area contributed by atoms with Gasteiger partial charge >= 0.3 is 6.09 Å². The van der Waals surface area contributed by atoms with Crippen molar-refractivity contribution in [1.82, 2.24) is 15.5 Å². The second-order valence-electron chi connectivity index (χ2n) is 11.3. The molecule has 1 unspecified atom stereocenters. The number of hydrogen-bond donors (Lipinski definition) is 3. The normalized spacial score (nSPS) is 17.7. The predicted molar refractivity (Wildman–Crippen MR) is 154 cm³/mol. The molecule has 2 aliphatic rings. The Kier molecular flexibility index (Phi) is 13.4. The molecule has 0 spiro atoms. The van der Waals surface area contributed by atoms with Crippen LogP contribution in [0, 0.1) is 5.92 Å². The Balaban J connectivity index is 1.55. The smallest absolute Gasteiger partial charge is 0.407 e. The van der Waals surface area contributed by atoms with Gasteiger partial charge in [0, 0.05) is 24.9 Å². The van der Waals surface area contributed by atoms with Gasteiger partial charge in [-0.2, -0.15) is 0 Å². The molecular formula is C31H47N3O7. The third-order valence-electron chi connectivity index (χ3n) is 7.94. The monoisotopic (exact) mass is 573 g/mol. The third-order valence-corrected chi connectivity index (χ3v) is 7.94. The van der Waals surface area contributed by atoms with Gasteiger partial charge in [-0.3, -0.25) is 14.4 Å². The van der Waals surface area contributed by atoms with E-state index in [1.54, 1.807) is 4.90 Å². The van der Waals surface area contributed by atoms with Gasteiger partial charge in [0.1, 0.15) is 18.4 Å². The van der Waals surface area contributed by atoms with Crippen LogP contribution >= 0.6 is 0 Å². The Morgan fingerprint density at radius 2 is 1.90 bits per heavy atom. The summed E-state index contributed by atoms with van der Waals surface area (Å²) in [5.41, 5.74) is -1.37. The van der Waals surface area contributed by atoms with E-state index < -0.39 is 23.8 Å². The first kappa shape index (κ1) is 32.4. The Bertz CT molecular complexity index is 998. The highest BCUT2D eigenvalue weighted by molar-refractivity contribution is 5.88.